The van der Waals surface area contributed by atoms with Crippen molar-refractivity contribution in [1.29, 1.82) is 0 Å². The molecule has 3 amide bonds. The third-order valence-electron chi connectivity index (χ3n) is 10.5. The molecule has 1 saturated heterocycles. The number of methoxy groups -OCH3 is 2. The number of carbonyl (C=O) groups is 3. The number of ether oxygens (including phenoxy) is 3. The molecule has 0 unspecified atom stereocenters. The lowest BCUT2D eigenvalue weighted by Gasteiger charge is -2.28. The van der Waals surface area contributed by atoms with Gasteiger partial charge < -0.3 is 24.4 Å². The molecule has 48 heavy (non-hydrogen) atoms. The Kier molecular flexibility index (Phi) is 9.12. The minimum Gasteiger partial charge on any atom is -0.493 e. The molecule has 6 atom stereocenters. The quantitative estimate of drug-likeness (QED) is 0.415. The number of benzene rings is 1. The van der Waals surface area contributed by atoms with Crippen LogP contribution in [-0.4, -0.2) is 79.2 Å². The predicted molar refractivity (Wildman–Crippen MR) is 179 cm³/mol. The average molecular weight is 683 g/mol. The molecular weight excluding hydrogens is 636 g/mol. The van der Waals surface area contributed by atoms with Crippen LogP contribution in [0.5, 0.6) is 17.4 Å². The molecule has 6 rings (SSSR count). The zero-order valence-corrected chi connectivity index (χ0v) is 29.1. The van der Waals surface area contributed by atoms with Gasteiger partial charge in [-0.15, -0.1) is 0 Å². The molecule has 1 aromatic carbocycles. The number of sulfonamides is 1. The Balaban J connectivity index is 1.29. The topological polar surface area (TPSA) is 153 Å². The van der Waals surface area contributed by atoms with Gasteiger partial charge in [0.15, 0.2) is 11.5 Å². The number of hydrogen-bond acceptors (Lipinski definition) is 9. The van der Waals surface area contributed by atoms with Gasteiger partial charge in [0.05, 0.1) is 25.5 Å². The first-order valence-corrected chi connectivity index (χ1v) is 18.3. The van der Waals surface area contributed by atoms with Gasteiger partial charge in [0.2, 0.25) is 27.7 Å². The summed E-state index contributed by atoms with van der Waals surface area (Å²) in [5.74, 6) is 0.0945. The molecule has 2 aliphatic heterocycles. The second kappa shape index (κ2) is 12.9. The molecule has 0 spiro atoms. The molecule has 2 N–H and O–H groups in total. The van der Waals surface area contributed by atoms with Crippen molar-refractivity contribution >= 4 is 38.5 Å². The number of aromatic nitrogens is 1. The maximum Gasteiger partial charge on any atom is 0.259 e. The summed E-state index contributed by atoms with van der Waals surface area (Å²) in [5.41, 5.74) is -1.43. The summed E-state index contributed by atoms with van der Waals surface area (Å²) in [6.45, 7) is 5.99. The van der Waals surface area contributed by atoms with Crippen molar-refractivity contribution in [3.05, 3.63) is 36.5 Å². The summed E-state index contributed by atoms with van der Waals surface area (Å²) in [4.78, 5) is 47.7. The second-order valence-corrected chi connectivity index (χ2v) is 16.6. The minimum absolute atomic E-state index is 0.104. The molecule has 0 bridgehead atoms. The van der Waals surface area contributed by atoms with E-state index in [0.29, 0.717) is 41.5 Å². The van der Waals surface area contributed by atoms with Gasteiger partial charge in [-0.2, -0.15) is 0 Å². The molecule has 260 valence electrons. The summed E-state index contributed by atoms with van der Waals surface area (Å²) in [6.07, 6.45) is 9.20. The van der Waals surface area contributed by atoms with Gasteiger partial charge in [0.1, 0.15) is 17.7 Å². The summed E-state index contributed by atoms with van der Waals surface area (Å²) in [7, 11) is -0.818. The largest absolute Gasteiger partial charge is 0.493 e. The van der Waals surface area contributed by atoms with Gasteiger partial charge in [-0.05, 0) is 80.9 Å². The maximum absolute atomic E-state index is 14.1. The Morgan fingerprint density at radius 1 is 1.08 bits per heavy atom. The highest BCUT2D eigenvalue weighted by Crippen LogP contribution is 2.47. The highest BCUT2D eigenvalue weighted by atomic mass is 32.2. The van der Waals surface area contributed by atoms with Gasteiger partial charge in [-0.3, -0.25) is 19.1 Å². The van der Waals surface area contributed by atoms with Gasteiger partial charge in [0, 0.05) is 30.3 Å². The monoisotopic (exact) mass is 682 g/mol. The van der Waals surface area contributed by atoms with E-state index in [1.807, 2.05) is 24.3 Å². The molecular formula is C35H46N4O8S. The van der Waals surface area contributed by atoms with Crippen LogP contribution in [0, 0.1) is 17.8 Å². The molecule has 13 heteroatoms. The van der Waals surface area contributed by atoms with Gasteiger partial charge in [-0.25, -0.2) is 13.4 Å². The number of amides is 3. The van der Waals surface area contributed by atoms with E-state index in [2.05, 4.69) is 28.9 Å². The third kappa shape index (κ3) is 6.57. The normalized spacial score (nSPS) is 30.9. The molecule has 4 aliphatic rings. The number of pyridine rings is 1. The Hall–Kier alpha value is -3.87. The summed E-state index contributed by atoms with van der Waals surface area (Å²) < 4.78 is 44.7. The number of carbonyl (C=O) groups excluding carboxylic acids is 3. The highest BCUT2D eigenvalue weighted by molar-refractivity contribution is 7.91. The van der Waals surface area contributed by atoms with E-state index in [4.69, 9.17) is 14.2 Å². The SMILES string of the molecule is COc1cc2ccnc(O[C@@H]3C[C@H]4C(=O)N[C@]5(C(=O)NS(=O)(=O)C6(C)CC6)C[C@H]5/C=C\CC[C@H](C)C[C@@H](C)CC(=O)N4C3)c2cc1OC. The summed E-state index contributed by atoms with van der Waals surface area (Å²) >= 11 is 0. The Labute approximate surface area is 282 Å². The first kappa shape index (κ1) is 34.0. The van der Waals surface area contributed by atoms with Crippen molar-refractivity contribution in [2.24, 2.45) is 17.8 Å². The molecule has 0 radical (unpaired) electrons. The first-order chi connectivity index (χ1) is 22.8. The molecule has 12 nitrogen and oxygen atoms in total. The van der Waals surface area contributed by atoms with Gasteiger partial charge in [0.25, 0.3) is 5.91 Å². The van der Waals surface area contributed by atoms with E-state index < -0.39 is 44.3 Å². The summed E-state index contributed by atoms with van der Waals surface area (Å²) in [6, 6.07) is 4.52. The zero-order valence-electron chi connectivity index (χ0n) is 28.3. The van der Waals surface area contributed by atoms with Crippen molar-refractivity contribution in [3.8, 4) is 17.4 Å². The molecule has 1 aromatic heterocycles. The standard InChI is InChI=1S/C35H46N4O8S/c1-21-8-6-7-9-24-19-35(24,33(42)38-48(43,44)34(3)11-12-34)37-31(41)27-17-25(20-39(27)30(40)15-22(2)14-21)47-32-26-18-29(46-5)28(45-4)16-23(26)10-13-36-32/h7,9-10,13,16,18,21-22,24-25,27H,6,8,11-12,14-15,17,19-20H2,1-5H3,(H,37,41)(H,38,42)/b9-7-/t21-,22+,24+,25+,27-,35+/m0/s1. The molecule has 2 aromatic rings. The minimum atomic E-state index is -3.92. The molecule has 3 heterocycles. The Bertz CT molecular complexity index is 1740. The number of allylic oxidation sites excluding steroid dienone is 1. The van der Waals surface area contributed by atoms with Crippen LogP contribution in [0.2, 0.25) is 0 Å². The number of nitrogens with one attached hydrogen (secondary N) is 2. The van der Waals surface area contributed by atoms with E-state index in [0.717, 1.165) is 24.6 Å². The predicted octanol–water partition coefficient (Wildman–Crippen LogP) is 3.88. The van der Waals surface area contributed by atoms with Gasteiger partial charge in [-0.1, -0.05) is 26.0 Å². The van der Waals surface area contributed by atoms with Crippen LogP contribution in [0.3, 0.4) is 0 Å². The van der Waals surface area contributed by atoms with E-state index in [1.54, 1.807) is 38.3 Å². The fourth-order valence-corrected chi connectivity index (χ4v) is 8.45. The Morgan fingerprint density at radius 3 is 2.52 bits per heavy atom. The third-order valence-corrected chi connectivity index (χ3v) is 12.7. The van der Waals surface area contributed by atoms with Crippen LogP contribution in [0.1, 0.15) is 72.1 Å². The lowest BCUT2D eigenvalue weighted by Crippen LogP contribution is -2.57. The van der Waals surface area contributed by atoms with Crippen molar-refractivity contribution in [2.45, 2.75) is 94.6 Å². The summed E-state index contributed by atoms with van der Waals surface area (Å²) in [5, 5.41) is 4.43. The van der Waals surface area contributed by atoms with Crippen LogP contribution in [0.4, 0.5) is 0 Å². The van der Waals surface area contributed by atoms with Crippen LogP contribution >= 0.6 is 0 Å². The van der Waals surface area contributed by atoms with Crippen LogP contribution in [-0.2, 0) is 24.4 Å². The smallest absolute Gasteiger partial charge is 0.259 e. The number of hydrogen-bond donors (Lipinski definition) is 2. The van der Waals surface area contributed by atoms with E-state index >= 15 is 0 Å². The average Bonchev–Trinajstić information content (AvgIpc) is 3.92. The van der Waals surface area contributed by atoms with Gasteiger partial charge >= 0.3 is 0 Å². The number of nitrogens with zero attached hydrogens (tertiary/aromatic N) is 2. The molecule has 2 saturated carbocycles. The van der Waals surface area contributed by atoms with Crippen molar-refractivity contribution in [2.75, 3.05) is 20.8 Å². The van der Waals surface area contributed by atoms with Crippen LogP contribution < -0.4 is 24.2 Å². The van der Waals surface area contributed by atoms with Crippen molar-refractivity contribution < 1.29 is 37.0 Å². The fraction of sp³-hybridized carbons (Fsp3) is 0.600. The fourth-order valence-electron chi connectivity index (χ4n) is 7.14. The number of fused-ring (bicyclic) bond motifs is 3. The van der Waals surface area contributed by atoms with Crippen molar-refractivity contribution in [3.63, 3.8) is 0 Å². The lowest BCUT2D eigenvalue weighted by atomic mass is 9.91. The lowest BCUT2D eigenvalue weighted by molar-refractivity contribution is -0.140. The highest BCUT2D eigenvalue weighted by Gasteiger charge is 2.63. The Morgan fingerprint density at radius 2 is 1.81 bits per heavy atom. The van der Waals surface area contributed by atoms with E-state index in [-0.39, 0.29) is 43.6 Å². The maximum atomic E-state index is 14.1. The van der Waals surface area contributed by atoms with Crippen LogP contribution in [0.15, 0.2) is 36.5 Å². The second-order valence-electron chi connectivity index (χ2n) is 14.4. The molecule has 2 aliphatic carbocycles. The zero-order chi connectivity index (χ0) is 34.4. The van der Waals surface area contributed by atoms with Crippen molar-refractivity contribution in [1.82, 2.24) is 19.9 Å². The first-order valence-electron chi connectivity index (χ1n) is 16.8. The van der Waals surface area contributed by atoms with E-state index in [9.17, 15) is 22.8 Å². The molecule has 3 fully saturated rings. The van der Waals surface area contributed by atoms with Crippen LogP contribution in [0.25, 0.3) is 10.8 Å². The van der Waals surface area contributed by atoms with E-state index in [1.165, 1.54) is 0 Å². The number of rotatable bonds is 7.